The maximum atomic E-state index is 12.9. The number of likely N-dealkylation sites (tertiary alicyclic amines) is 1. The number of aliphatic hydroxyl groups excluding tert-OH is 1. The van der Waals surface area contributed by atoms with Crippen LogP contribution in [0.15, 0.2) is 48.0 Å². The van der Waals surface area contributed by atoms with Gasteiger partial charge in [0.25, 0.3) is 11.7 Å². The minimum absolute atomic E-state index is 0.0225. The van der Waals surface area contributed by atoms with Crippen LogP contribution >= 0.6 is 11.6 Å². The molecule has 3 rings (SSSR count). The molecule has 1 amide bonds. The number of benzene rings is 2. The number of phenols is 1. The molecule has 158 valence electrons. The quantitative estimate of drug-likeness (QED) is 0.416. The number of hydrogen-bond donors (Lipinski definition) is 2. The fourth-order valence-corrected chi connectivity index (χ4v) is 3.65. The third kappa shape index (κ3) is 4.13. The van der Waals surface area contributed by atoms with E-state index in [4.69, 9.17) is 16.3 Å². The van der Waals surface area contributed by atoms with Crippen molar-refractivity contribution >= 4 is 29.1 Å². The van der Waals surface area contributed by atoms with Crippen LogP contribution in [0.5, 0.6) is 11.5 Å². The average molecular weight is 431 g/mol. The van der Waals surface area contributed by atoms with Crippen LogP contribution in [0.4, 0.5) is 0 Å². The molecule has 0 saturated carbocycles. The van der Waals surface area contributed by atoms with Crippen molar-refractivity contribution in [3.63, 3.8) is 0 Å². The molecule has 1 heterocycles. The second-order valence-electron chi connectivity index (χ2n) is 7.24. The van der Waals surface area contributed by atoms with Gasteiger partial charge in [0.05, 0.1) is 23.7 Å². The highest BCUT2D eigenvalue weighted by atomic mass is 35.5. The summed E-state index contributed by atoms with van der Waals surface area (Å²) < 4.78 is 5.13. The average Bonchev–Trinajstić information content (AvgIpc) is 2.96. The van der Waals surface area contributed by atoms with Gasteiger partial charge >= 0.3 is 0 Å². The van der Waals surface area contributed by atoms with Gasteiger partial charge in [-0.15, -0.1) is 0 Å². The summed E-state index contributed by atoms with van der Waals surface area (Å²) >= 11 is 6.18. The normalized spacial score (nSPS) is 18.3. The summed E-state index contributed by atoms with van der Waals surface area (Å²) in [6.45, 7) is 0.833. The maximum Gasteiger partial charge on any atom is 0.295 e. The lowest BCUT2D eigenvalue weighted by molar-refractivity contribution is -0.140. The Kier molecular flexibility index (Phi) is 6.34. The minimum atomic E-state index is -0.786. The third-order valence-electron chi connectivity index (χ3n) is 4.96. The molecule has 2 aromatic carbocycles. The first-order valence-corrected chi connectivity index (χ1v) is 9.68. The smallest absolute Gasteiger partial charge is 0.295 e. The molecule has 1 fully saturated rings. The number of rotatable bonds is 6. The van der Waals surface area contributed by atoms with Crippen molar-refractivity contribution < 1.29 is 24.5 Å². The van der Waals surface area contributed by atoms with Gasteiger partial charge < -0.3 is 24.7 Å². The molecule has 1 aliphatic heterocycles. The number of phenolic OH excluding ortho intramolecular Hbond substituents is 1. The van der Waals surface area contributed by atoms with E-state index in [1.54, 1.807) is 24.3 Å². The third-order valence-corrected chi connectivity index (χ3v) is 5.26. The highest BCUT2D eigenvalue weighted by molar-refractivity contribution is 6.46. The first-order valence-electron chi connectivity index (χ1n) is 9.30. The van der Waals surface area contributed by atoms with Crippen molar-refractivity contribution in [1.29, 1.82) is 0 Å². The fourth-order valence-electron chi connectivity index (χ4n) is 3.39. The number of nitrogens with zero attached hydrogens (tertiary/aromatic N) is 2. The highest BCUT2D eigenvalue weighted by Gasteiger charge is 2.45. The van der Waals surface area contributed by atoms with E-state index in [2.05, 4.69) is 0 Å². The van der Waals surface area contributed by atoms with E-state index in [-0.39, 0.29) is 22.1 Å². The van der Waals surface area contributed by atoms with Gasteiger partial charge in [-0.3, -0.25) is 9.59 Å². The molecule has 1 unspecified atom stereocenters. The lowest BCUT2D eigenvalue weighted by atomic mass is 9.95. The van der Waals surface area contributed by atoms with Crippen LogP contribution in [0.2, 0.25) is 5.02 Å². The Balaban J connectivity index is 2.14. The zero-order valence-electron chi connectivity index (χ0n) is 16.9. The second kappa shape index (κ2) is 8.77. The fraction of sp³-hybridized carbons (Fsp3) is 0.273. The molecule has 7 nitrogen and oxygen atoms in total. The molecule has 0 aromatic heterocycles. The van der Waals surface area contributed by atoms with E-state index >= 15 is 0 Å². The largest absolute Gasteiger partial charge is 0.508 e. The molecule has 0 aliphatic carbocycles. The van der Waals surface area contributed by atoms with E-state index in [9.17, 15) is 19.8 Å². The van der Waals surface area contributed by atoms with Crippen LogP contribution in [0.25, 0.3) is 5.76 Å². The number of carbonyl (C=O) groups excluding carboxylic acids is 2. The molecule has 0 bridgehead atoms. The molecule has 2 N–H and O–H groups in total. The molecule has 8 heteroatoms. The van der Waals surface area contributed by atoms with Crippen LogP contribution in [0, 0.1) is 0 Å². The maximum absolute atomic E-state index is 12.9. The summed E-state index contributed by atoms with van der Waals surface area (Å²) in [7, 11) is 5.21. The predicted molar refractivity (Wildman–Crippen MR) is 114 cm³/mol. The van der Waals surface area contributed by atoms with Gasteiger partial charge in [-0.2, -0.15) is 0 Å². The van der Waals surface area contributed by atoms with E-state index in [1.165, 1.54) is 30.2 Å². The van der Waals surface area contributed by atoms with Crippen LogP contribution in [0.1, 0.15) is 17.2 Å². The van der Waals surface area contributed by atoms with Crippen molar-refractivity contribution in [2.45, 2.75) is 6.04 Å². The van der Waals surface area contributed by atoms with Crippen LogP contribution < -0.4 is 4.74 Å². The van der Waals surface area contributed by atoms with E-state index in [0.29, 0.717) is 30.0 Å². The summed E-state index contributed by atoms with van der Waals surface area (Å²) in [4.78, 5) is 29.0. The first kappa shape index (κ1) is 21.7. The molecule has 1 aliphatic rings. The molecular weight excluding hydrogens is 408 g/mol. The van der Waals surface area contributed by atoms with Crippen molar-refractivity contribution in [2.75, 3.05) is 34.3 Å². The number of aliphatic hydroxyl groups is 1. The molecule has 0 radical (unpaired) electrons. The lowest BCUT2D eigenvalue weighted by Crippen LogP contribution is -2.35. The van der Waals surface area contributed by atoms with Crippen molar-refractivity contribution in [3.8, 4) is 11.5 Å². The lowest BCUT2D eigenvalue weighted by Gasteiger charge is -2.26. The summed E-state index contributed by atoms with van der Waals surface area (Å²) in [6.07, 6.45) is 0. The number of ether oxygens (including phenoxy) is 1. The SMILES string of the molecule is COc1ccc(/C(O)=C2/C(=O)C(=O)N(CCN(C)C)C2c2ccc(O)cc2)cc1Cl. The summed E-state index contributed by atoms with van der Waals surface area (Å²) in [5.74, 6) is -1.28. The van der Waals surface area contributed by atoms with Crippen molar-refractivity contribution in [3.05, 3.63) is 64.2 Å². The molecular formula is C22H23ClN2O5. The Morgan fingerprint density at radius 3 is 2.40 bits per heavy atom. The topological polar surface area (TPSA) is 90.3 Å². The number of ketones is 1. The van der Waals surface area contributed by atoms with E-state index in [1.807, 2.05) is 19.0 Å². The molecule has 0 spiro atoms. The number of likely N-dealkylation sites (N-methyl/N-ethyl adjacent to an activating group) is 1. The Morgan fingerprint density at radius 1 is 1.17 bits per heavy atom. The van der Waals surface area contributed by atoms with Gasteiger partial charge in [-0.25, -0.2) is 0 Å². The Hall–Kier alpha value is -3.03. The predicted octanol–water partition coefficient (Wildman–Crippen LogP) is 3.04. The van der Waals surface area contributed by atoms with Gasteiger partial charge in [-0.05, 0) is 50.0 Å². The van der Waals surface area contributed by atoms with Gasteiger partial charge in [0.15, 0.2) is 0 Å². The molecule has 1 saturated heterocycles. The Morgan fingerprint density at radius 2 is 1.83 bits per heavy atom. The van der Waals surface area contributed by atoms with Crippen LogP contribution in [-0.4, -0.2) is 66.0 Å². The number of amides is 1. The number of halogens is 1. The zero-order valence-corrected chi connectivity index (χ0v) is 17.7. The van der Waals surface area contributed by atoms with Gasteiger partial charge in [0, 0.05) is 18.7 Å². The van der Waals surface area contributed by atoms with Gasteiger partial charge in [0.2, 0.25) is 0 Å². The standard InChI is InChI=1S/C22H23ClN2O5/c1-24(2)10-11-25-19(13-4-7-15(26)8-5-13)18(21(28)22(25)29)20(27)14-6-9-17(30-3)16(23)12-14/h4-9,12,19,26-27H,10-11H2,1-3H3/b20-18-. The van der Waals surface area contributed by atoms with E-state index < -0.39 is 17.7 Å². The van der Waals surface area contributed by atoms with Crippen LogP contribution in [0.3, 0.4) is 0 Å². The van der Waals surface area contributed by atoms with E-state index in [0.717, 1.165) is 0 Å². The Labute approximate surface area is 179 Å². The van der Waals surface area contributed by atoms with Gasteiger partial charge in [-0.1, -0.05) is 23.7 Å². The monoisotopic (exact) mass is 430 g/mol. The summed E-state index contributed by atoms with van der Waals surface area (Å²) in [5, 5.41) is 20.9. The summed E-state index contributed by atoms with van der Waals surface area (Å²) in [6, 6.07) is 10.1. The zero-order chi connectivity index (χ0) is 22.0. The highest BCUT2D eigenvalue weighted by Crippen LogP contribution is 2.40. The van der Waals surface area contributed by atoms with Gasteiger partial charge in [0.1, 0.15) is 17.3 Å². The Bertz CT molecular complexity index is 1000. The minimum Gasteiger partial charge on any atom is -0.508 e. The number of hydrogen-bond acceptors (Lipinski definition) is 6. The molecule has 1 atom stereocenters. The van der Waals surface area contributed by atoms with Crippen molar-refractivity contribution in [2.24, 2.45) is 0 Å². The first-order chi connectivity index (χ1) is 14.2. The number of carbonyl (C=O) groups is 2. The summed E-state index contributed by atoms with van der Waals surface area (Å²) in [5.41, 5.74) is 0.882. The second-order valence-corrected chi connectivity index (χ2v) is 7.64. The molecule has 30 heavy (non-hydrogen) atoms. The number of aromatic hydroxyl groups is 1. The number of Topliss-reactive ketones (excluding diaryl/α,β-unsaturated/α-hetero) is 1. The van der Waals surface area contributed by atoms with Crippen molar-refractivity contribution in [1.82, 2.24) is 9.80 Å². The van der Waals surface area contributed by atoms with Crippen LogP contribution in [-0.2, 0) is 9.59 Å². The number of methoxy groups -OCH3 is 1. The molecule has 2 aromatic rings.